The van der Waals surface area contributed by atoms with Crippen molar-refractivity contribution in [3.8, 4) is 11.8 Å². The van der Waals surface area contributed by atoms with Gasteiger partial charge in [-0.3, -0.25) is 0 Å². The van der Waals surface area contributed by atoms with Crippen LogP contribution < -0.4 is 0 Å². The molecule has 24 heavy (non-hydrogen) atoms. The fraction of sp³-hybridized carbons (Fsp3) is 0.647. The van der Waals surface area contributed by atoms with Crippen LogP contribution in [0.2, 0.25) is 0 Å². The van der Waals surface area contributed by atoms with Gasteiger partial charge in [0.05, 0.1) is 6.10 Å². The summed E-state index contributed by atoms with van der Waals surface area (Å²) in [6.07, 6.45) is 1.89. The van der Waals surface area contributed by atoms with E-state index in [4.69, 9.17) is 14.0 Å². The molecular formula is C17H23FeO6-. The van der Waals surface area contributed by atoms with E-state index < -0.39 is 5.60 Å². The van der Waals surface area contributed by atoms with Gasteiger partial charge in [0.2, 0.25) is 0 Å². The Hall–Kier alpha value is -1.27. The number of hydrogen-bond donors (Lipinski definition) is 1. The summed E-state index contributed by atoms with van der Waals surface area (Å²) in [6.45, 7) is 24.5. The maximum Gasteiger partial charge on any atom is 0 e. The second kappa shape index (κ2) is 21.7. The summed E-state index contributed by atoms with van der Waals surface area (Å²) < 4.78 is 27.1. The first-order valence-electron chi connectivity index (χ1n) is 6.57. The summed E-state index contributed by atoms with van der Waals surface area (Å²) in [5.74, 6) is 5.92. The van der Waals surface area contributed by atoms with Crippen molar-refractivity contribution >= 4 is 6.47 Å². The van der Waals surface area contributed by atoms with E-state index in [0.717, 1.165) is 6.42 Å². The van der Waals surface area contributed by atoms with Gasteiger partial charge >= 0.3 is 33.9 Å². The zero-order valence-electron chi connectivity index (χ0n) is 14.5. The van der Waals surface area contributed by atoms with Gasteiger partial charge in [0.15, 0.2) is 0 Å². The van der Waals surface area contributed by atoms with Gasteiger partial charge in [-0.1, -0.05) is 18.3 Å². The molecule has 1 N–H and O–H groups in total. The molecule has 0 saturated heterocycles. The summed E-state index contributed by atoms with van der Waals surface area (Å²) in [6, 6.07) is 0. The van der Waals surface area contributed by atoms with E-state index in [-0.39, 0.29) is 28.6 Å². The van der Waals surface area contributed by atoms with E-state index >= 15 is 0 Å². The summed E-state index contributed by atoms with van der Waals surface area (Å²) in [7, 11) is 0. The molecule has 6 nitrogen and oxygen atoms in total. The Morgan fingerprint density at radius 3 is 1.83 bits per heavy atom. The predicted octanol–water partition coefficient (Wildman–Crippen LogP) is 2.31. The van der Waals surface area contributed by atoms with Crippen molar-refractivity contribution in [2.24, 2.45) is 5.41 Å². The standard InChI is InChI=1S/C14H23O3.3CO.Fe/c1-12(17-11-15)7-6-8-14(5,16)10-9-13(2,3)4;3*1-2;/h12,16H,6-8H2,1-5H3;;;;/q-1;;;;/t12-,14+;;;;/m0..../s1. The number of aliphatic hydroxyl groups is 1. The molecule has 0 amide bonds. The molecule has 0 heterocycles. The molecule has 136 valence electrons. The molecule has 0 aliphatic carbocycles. The SMILES string of the molecule is C[C@@H](CCC[C@@](C)(O)C#CC(C)(C)C)O[C-]=O.[C-]#[O+].[C-]#[O+].[C-]#[O+].[Fe]. The number of carbonyl (C=O) groups excluding carboxylic acids is 1. The molecule has 2 atom stereocenters. The van der Waals surface area contributed by atoms with Gasteiger partial charge in [0, 0.05) is 22.5 Å². The van der Waals surface area contributed by atoms with Gasteiger partial charge < -0.3 is 14.6 Å². The Kier molecular flexibility index (Phi) is 30.9. The van der Waals surface area contributed by atoms with Crippen LogP contribution >= 0.6 is 0 Å². The maximum absolute atomic E-state index is 10.0. The summed E-state index contributed by atoms with van der Waals surface area (Å²) in [4.78, 5) is 9.97. The largest absolute Gasteiger partial charge is 0 e. The topological polar surface area (TPSA) is 106 Å². The molecule has 0 bridgehead atoms. The average Bonchev–Trinajstić information content (AvgIpc) is 2.51. The molecule has 0 fully saturated rings. The molecular weight excluding hydrogens is 356 g/mol. The van der Waals surface area contributed by atoms with E-state index in [1.54, 1.807) is 13.8 Å². The van der Waals surface area contributed by atoms with Crippen LogP contribution in [0.4, 0.5) is 0 Å². The number of rotatable bonds is 6. The first-order valence-corrected chi connectivity index (χ1v) is 6.57. The minimum absolute atomic E-state index is 0. The van der Waals surface area contributed by atoms with Crippen LogP contribution in [-0.2, 0) is 40.6 Å². The van der Waals surface area contributed by atoms with E-state index in [2.05, 4.69) is 36.5 Å². The molecule has 0 unspecified atom stereocenters. The van der Waals surface area contributed by atoms with Crippen LogP contribution in [0.3, 0.4) is 0 Å². The van der Waals surface area contributed by atoms with Gasteiger partial charge in [-0.25, -0.2) is 0 Å². The van der Waals surface area contributed by atoms with Crippen LogP contribution in [0, 0.1) is 37.2 Å². The normalized spacial score (nSPS) is 11.8. The molecule has 0 spiro atoms. The maximum atomic E-state index is 10.0. The van der Waals surface area contributed by atoms with E-state index in [1.165, 1.54) is 6.47 Å². The Labute approximate surface area is 155 Å². The minimum atomic E-state index is -0.974. The number of hydrogen-bond acceptors (Lipinski definition) is 3. The molecule has 0 aliphatic rings. The second-order valence-electron chi connectivity index (χ2n) is 5.68. The fourth-order valence-corrected chi connectivity index (χ4v) is 1.26. The Bertz CT molecular complexity index is 392. The van der Waals surface area contributed by atoms with Crippen molar-refractivity contribution in [1.82, 2.24) is 0 Å². The third-order valence-electron chi connectivity index (χ3n) is 2.23. The zero-order valence-corrected chi connectivity index (χ0v) is 15.6. The Balaban J connectivity index is -0.000000153. The van der Waals surface area contributed by atoms with Gasteiger partial charge in [-0.05, 0) is 53.9 Å². The van der Waals surface area contributed by atoms with Crippen molar-refractivity contribution in [2.45, 2.75) is 65.6 Å². The minimum Gasteiger partial charge on any atom is 0 e. The third kappa shape index (κ3) is 32.6. The molecule has 0 saturated carbocycles. The van der Waals surface area contributed by atoms with Crippen LogP contribution in [0.5, 0.6) is 0 Å². The van der Waals surface area contributed by atoms with Crippen molar-refractivity contribution in [3.05, 3.63) is 20.0 Å². The van der Waals surface area contributed by atoms with Crippen molar-refractivity contribution in [1.29, 1.82) is 0 Å². The Morgan fingerprint density at radius 2 is 1.50 bits per heavy atom. The van der Waals surface area contributed by atoms with Crippen LogP contribution in [-0.4, -0.2) is 23.3 Å². The van der Waals surface area contributed by atoms with Gasteiger partial charge in [-0.15, -0.1) is 0 Å². The summed E-state index contributed by atoms with van der Waals surface area (Å²) >= 11 is 0. The van der Waals surface area contributed by atoms with Crippen molar-refractivity contribution in [3.63, 3.8) is 0 Å². The predicted molar refractivity (Wildman–Crippen MR) is 79.7 cm³/mol. The van der Waals surface area contributed by atoms with Gasteiger partial charge in [-0.2, -0.15) is 0 Å². The zero-order chi connectivity index (χ0) is 19.5. The molecule has 0 aromatic carbocycles. The molecule has 0 aromatic heterocycles. The van der Waals surface area contributed by atoms with Crippen LogP contribution in [0.15, 0.2) is 0 Å². The molecule has 0 aromatic rings. The Morgan fingerprint density at radius 1 is 1.08 bits per heavy atom. The molecule has 7 heteroatoms. The first kappa shape index (κ1) is 34.1. The smallest absolute Gasteiger partial charge is 0 e. The van der Waals surface area contributed by atoms with Gasteiger partial charge in [0.25, 0.3) is 0 Å². The van der Waals surface area contributed by atoms with Crippen molar-refractivity contribution < 1.29 is 45.7 Å². The van der Waals surface area contributed by atoms with E-state index in [0.29, 0.717) is 12.8 Å². The second-order valence-corrected chi connectivity index (χ2v) is 5.68. The van der Waals surface area contributed by atoms with Crippen LogP contribution in [0.1, 0.15) is 53.9 Å². The molecule has 0 radical (unpaired) electrons. The third-order valence-corrected chi connectivity index (χ3v) is 2.23. The molecule has 0 aliphatic heterocycles. The van der Waals surface area contributed by atoms with Crippen LogP contribution in [0.25, 0.3) is 0 Å². The van der Waals surface area contributed by atoms with E-state index in [9.17, 15) is 9.90 Å². The average molecular weight is 379 g/mol. The summed E-state index contributed by atoms with van der Waals surface area (Å²) in [5, 5.41) is 10.0. The summed E-state index contributed by atoms with van der Waals surface area (Å²) in [5.41, 5.74) is -1.08. The molecule has 0 rings (SSSR count). The fourth-order valence-electron chi connectivity index (χ4n) is 1.26. The number of ether oxygens (including phenoxy) is 1. The van der Waals surface area contributed by atoms with E-state index in [1.807, 2.05) is 20.8 Å². The van der Waals surface area contributed by atoms with Gasteiger partial charge in [0.1, 0.15) is 5.60 Å². The monoisotopic (exact) mass is 379 g/mol. The van der Waals surface area contributed by atoms with Crippen molar-refractivity contribution in [2.75, 3.05) is 0 Å². The quantitative estimate of drug-likeness (QED) is 0.331. The first-order chi connectivity index (χ1) is 10.7.